The zero-order valence-electron chi connectivity index (χ0n) is 20.4. The highest BCUT2D eigenvalue weighted by Gasteiger charge is 2.42. The molecule has 1 N–H and O–H groups in total. The van der Waals surface area contributed by atoms with Crippen molar-refractivity contribution in [3.63, 3.8) is 0 Å². The van der Waals surface area contributed by atoms with Gasteiger partial charge in [-0.05, 0) is 54.7 Å². The van der Waals surface area contributed by atoms with Gasteiger partial charge in [0.2, 0.25) is 5.91 Å². The first-order valence-corrected chi connectivity index (χ1v) is 12.4. The number of para-hydroxylation sites is 1. The second kappa shape index (κ2) is 10.9. The lowest BCUT2D eigenvalue weighted by atomic mass is 9.82. The Labute approximate surface area is 205 Å². The van der Waals surface area contributed by atoms with Gasteiger partial charge in [-0.2, -0.15) is 13.2 Å². The van der Waals surface area contributed by atoms with Crippen LogP contribution in [0.5, 0.6) is 5.75 Å². The monoisotopic (exact) mass is 489 g/mol. The molecule has 0 saturated carbocycles. The third-order valence-electron chi connectivity index (χ3n) is 6.90. The normalized spacial score (nSPS) is 20.3. The molecule has 1 saturated heterocycles. The topological polar surface area (TPSA) is 44.8 Å². The first-order chi connectivity index (χ1) is 16.7. The quantitative estimate of drug-likeness (QED) is 0.588. The lowest BCUT2D eigenvalue weighted by Crippen LogP contribution is -2.61. The fraction of sp³-hybridized carbons (Fsp3) is 0.519. The fourth-order valence-electron chi connectivity index (χ4n) is 4.99. The van der Waals surface area contributed by atoms with Crippen LogP contribution in [0.2, 0.25) is 0 Å². The van der Waals surface area contributed by atoms with Crippen LogP contribution in [0.1, 0.15) is 31.4 Å². The van der Waals surface area contributed by atoms with Gasteiger partial charge < -0.3 is 15.0 Å². The van der Waals surface area contributed by atoms with Crippen molar-refractivity contribution in [2.24, 2.45) is 11.8 Å². The summed E-state index contributed by atoms with van der Waals surface area (Å²) in [6, 6.07) is 13.5. The lowest BCUT2D eigenvalue weighted by molar-refractivity contribution is -0.137. The van der Waals surface area contributed by atoms with Gasteiger partial charge in [0.25, 0.3) is 0 Å². The SMILES string of the molecule is CC(C)CCNC(=O)[C@H]1Cc2cc(C(F)(F)F)ccc2N2CCN(CCOc3ccccc3)C[C@H]12. The first-order valence-electron chi connectivity index (χ1n) is 12.4. The van der Waals surface area contributed by atoms with Gasteiger partial charge in [0.05, 0.1) is 17.5 Å². The van der Waals surface area contributed by atoms with Crippen LogP contribution in [-0.2, 0) is 17.4 Å². The smallest absolute Gasteiger partial charge is 0.416 e. The molecule has 0 aromatic heterocycles. The van der Waals surface area contributed by atoms with Gasteiger partial charge in [-0.1, -0.05) is 32.0 Å². The van der Waals surface area contributed by atoms with Gasteiger partial charge in [0, 0.05) is 38.4 Å². The van der Waals surface area contributed by atoms with Gasteiger partial charge in [-0.3, -0.25) is 9.69 Å². The van der Waals surface area contributed by atoms with Crippen molar-refractivity contribution >= 4 is 11.6 Å². The highest BCUT2D eigenvalue weighted by molar-refractivity contribution is 5.82. The molecular weight excluding hydrogens is 455 g/mol. The van der Waals surface area contributed by atoms with Crippen molar-refractivity contribution in [1.29, 1.82) is 0 Å². The third kappa shape index (κ3) is 6.28. The average molecular weight is 490 g/mol. The molecule has 2 heterocycles. The number of anilines is 1. The summed E-state index contributed by atoms with van der Waals surface area (Å²) >= 11 is 0. The number of fused-ring (bicyclic) bond motifs is 3. The number of hydrogen-bond donors (Lipinski definition) is 1. The van der Waals surface area contributed by atoms with E-state index in [0.717, 1.165) is 37.0 Å². The van der Waals surface area contributed by atoms with Gasteiger partial charge in [0.1, 0.15) is 12.4 Å². The Bertz CT molecular complexity index is 997. The molecule has 2 aliphatic heterocycles. The van der Waals surface area contributed by atoms with E-state index in [-0.39, 0.29) is 11.9 Å². The number of alkyl halides is 3. The van der Waals surface area contributed by atoms with Crippen LogP contribution in [-0.4, -0.2) is 56.2 Å². The van der Waals surface area contributed by atoms with Crippen LogP contribution in [0.25, 0.3) is 0 Å². The van der Waals surface area contributed by atoms with Crippen LogP contribution >= 0.6 is 0 Å². The molecule has 0 spiro atoms. The standard InChI is InChI=1S/C27H34F3N3O2/c1-19(2)10-11-31-26(34)23-17-20-16-21(27(28,29)30)8-9-24(20)33-13-12-32(18-25(23)33)14-15-35-22-6-4-3-5-7-22/h3-9,16,19,23,25H,10-15,17-18H2,1-2H3,(H,31,34)/t23-,25+/m0/s1. The third-order valence-corrected chi connectivity index (χ3v) is 6.90. The fourth-order valence-corrected chi connectivity index (χ4v) is 4.99. The summed E-state index contributed by atoms with van der Waals surface area (Å²) in [5.41, 5.74) is 0.751. The minimum atomic E-state index is -4.40. The Morgan fingerprint density at radius 2 is 1.91 bits per heavy atom. The van der Waals surface area contributed by atoms with E-state index in [1.807, 2.05) is 30.3 Å². The second-order valence-corrected chi connectivity index (χ2v) is 9.85. The average Bonchev–Trinajstić information content (AvgIpc) is 2.83. The van der Waals surface area contributed by atoms with Crippen molar-refractivity contribution in [3.8, 4) is 5.75 Å². The molecule has 1 fully saturated rings. The molecule has 2 aliphatic rings. The van der Waals surface area contributed by atoms with E-state index in [1.165, 1.54) is 6.07 Å². The van der Waals surface area contributed by atoms with Crippen molar-refractivity contribution < 1.29 is 22.7 Å². The van der Waals surface area contributed by atoms with E-state index in [1.54, 1.807) is 6.07 Å². The Morgan fingerprint density at radius 1 is 1.14 bits per heavy atom. The Balaban J connectivity index is 1.49. The molecule has 4 rings (SSSR count). The van der Waals surface area contributed by atoms with E-state index < -0.39 is 17.7 Å². The van der Waals surface area contributed by atoms with Crippen LogP contribution in [0.3, 0.4) is 0 Å². The van der Waals surface area contributed by atoms with Crippen LogP contribution in [0.15, 0.2) is 48.5 Å². The number of nitrogens with one attached hydrogen (secondary N) is 1. The molecule has 5 nitrogen and oxygen atoms in total. The summed E-state index contributed by atoms with van der Waals surface area (Å²) in [4.78, 5) is 17.7. The van der Waals surface area contributed by atoms with Crippen molar-refractivity contribution in [1.82, 2.24) is 10.2 Å². The molecule has 0 radical (unpaired) electrons. The van der Waals surface area contributed by atoms with E-state index in [2.05, 4.69) is 29.0 Å². The number of rotatable bonds is 8. The van der Waals surface area contributed by atoms with E-state index in [4.69, 9.17) is 4.74 Å². The number of benzene rings is 2. The number of halogens is 3. The maximum atomic E-state index is 13.4. The van der Waals surface area contributed by atoms with Gasteiger partial charge >= 0.3 is 6.18 Å². The summed E-state index contributed by atoms with van der Waals surface area (Å²) in [5, 5.41) is 3.04. The summed E-state index contributed by atoms with van der Waals surface area (Å²) in [6.07, 6.45) is -3.23. The van der Waals surface area contributed by atoms with Crippen molar-refractivity contribution in [3.05, 3.63) is 59.7 Å². The zero-order valence-corrected chi connectivity index (χ0v) is 20.4. The molecule has 0 bridgehead atoms. The molecular formula is C27H34F3N3O2. The summed E-state index contributed by atoms with van der Waals surface area (Å²) in [6.45, 7) is 8.11. The molecule has 2 atom stereocenters. The Kier molecular flexibility index (Phi) is 7.89. The number of piperazine rings is 1. The minimum absolute atomic E-state index is 0.0777. The summed E-state index contributed by atoms with van der Waals surface area (Å²) in [5.74, 6) is 0.797. The van der Waals surface area contributed by atoms with Crippen molar-refractivity contribution in [2.45, 2.75) is 38.9 Å². The zero-order chi connectivity index (χ0) is 25.0. The maximum Gasteiger partial charge on any atom is 0.416 e. The van der Waals surface area contributed by atoms with E-state index >= 15 is 0 Å². The Morgan fingerprint density at radius 3 is 2.63 bits per heavy atom. The molecule has 2 aromatic carbocycles. The molecule has 35 heavy (non-hydrogen) atoms. The maximum absolute atomic E-state index is 13.4. The van der Waals surface area contributed by atoms with E-state index in [9.17, 15) is 18.0 Å². The predicted octanol–water partition coefficient (Wildman–Crippen LogP) is 4.61. The molecule has 0 unspecified atom stereocenters. The van der Waals surface area contributed by atoms with Gasteiger partial charge in [0.15, 0.2) is 0 Å². The summed E-state index contributed by atoms with van der Waals surface area (Å²) < 4.78 is 46.0. The number of carbonyl (C=O) groups is 1. The highest BCUT2D eigenvalue weighted by atomic mass is 19.4. The molecule has 8 heteroatoms. The van der Waals surface area contributed by atoms with Crippen molar-refractivity contribution in [2.75, 3.05) is 44.2 Å². The number of hydrogen-bond acceptors (Lipinski definition) is 4. The molecule has 0 aliphatic carbocycles. The van der Waals surface area contributed by atoms with Crippen LogP contribution in [0.4, 0.5) is 18.9 Å². The molecule has 2 aromatic rings. The van der Waals surface area contributed by atoms with Crippen LogP contribution < -0.4 is 15.0 Å². The molecule has 1 amide bonds. The first kappa shape index (κ1) is 25.4. The lowest BCUT2D eigenvalue weighted by Gasteiger charge is -2.49. The number of carbonyl (C=O) groups excluding carboxylic acids is 1. The van der Waals surface area contributed by atoms with Crippen LogP contribution in [0, 0.1) is 11.8 Å². The highest BCUT2D eigenvalue weighted by Crippen LogP contribution is 2.39. The second-order valence-electron chi connectivity index (χ2n) is 9.85. The predicted molar refractivity (Wildman–Crippen MR) is 131 cm³/mol. The number of nitrogens with zero attached hydrogens (tertiary/aromatic N) is 2. The summed E-state index contributed by atoms with van der Waals surface area (Å²) in [7, 11) is 0. The number of ether oxygens (including phenoxy) is 1. The van der Waals surface area contributed by atoms with Gasteiger partial charge in [-0.15, -0.1) is 0 Å². The molecule has 190 valence electrons. The largest absolute Gasteiger partial charge is 0.492 e. The number of amides is 1. The minimum Gasteiger partial charge on any atom is -0.492 e. The van der Waals surface area contributed by atoms with E-state index in [0.29, 0.717) is 44.1 Å². The Hall–Kier alpha value is -2.74. The van der Waals surface area contributed by atoms with Gasteiger partial charge in [-0.25, -0.2) is 0 Å².